The van der Waals surface area contributed by atoms with E-state index in [1.54, 1.807) is 6.20 Å². The first kappa shape index (κ1) is 14.1. The summed E-state index contributed by atoms with van der Waals surface area (Å²) in [6, 6.07) is 8.10. The van der Waals surface area contributed by atoms with Gasteiger partial charge in [0, 0.05) is 30.9 Å². The molecule has 0 aliphatic carbocycles. The highest BCUT2D eigenvalue weighted by molar-refractivity contribution is 5.96. The molecule has 5 heteroatoms. The fourth-order valence-corrected chi connectivity index (χ4v) is 3.34. The summed E-state index contributed by atoms with van der Waals surface area (Å²) in [6.45, 7) is 3.47. The lowest BCUT2D eigenvalue weighted by molar-refractivity contribution is 0.0649. The summed E-state index contributed by atoms with van der Waals surface area (Å²) in [7, 11) is 0. The van der Waals surface area contributed by atoms with Gasteiger partial charge in [0.25, 0.3) is 5.91 Å². The number of nitrogens with zero attached hydrogens (tertiary/aromatic N) is 3. The van der Waals surface area contributed by atoms with Crippen LogP contribution in [0.25, 0.3) is 11.0 Å². The third-order valence-electron chi connectivity index (χ3n) is 4.58. The van der Waals surface area contributed by atoms with Crippen molar-refractivity contribution in [2.45, 2.75) is 25.8 Å². The van der Waals surface area contributed by atoms with Crippen LogP contribution in [-0.2, 0) is 0 Å². The summed E-state index contributed by atoms with van der Waals surface area (Å²) in [6.07, 6.45) is 7.63. The Balaban J connectivity index is 1.58. The predicted octanol–water partition coefficient (Wildman–Crippen LogP) is 3.42. The number of hydrogen-bond donors (Lipinski definition) is 0. The van der Waals surface area contributed by atoms with E-state index in [0.29, 0.717) is 18.3 Å². The Morgan fingerprint density at radius 3 is 3.09 bits per heavy atom. The van der Waals surface area contributed by atoms with Crippen molar-refractivity contribution < 1.29 is 9.21 Å². The molecular formula is C18H19N3O2. The van der Waals surface area contributed by atoms with Gasteiger partial charge in [0.1, 0.15) is 5.58 Å². The number of furan rings is 1. The van der Waals surface area contributed by atoms with Crippen LogP contribution >= 0.6 is 0 Å². The largest absolute Gasteiger partial charge is 0.451 e. The first-order valence-corrected chi connectivity index (χ1v) is 7.98. The van der Waals surface area contributed by atoms with Crippen LogP contribution in [0, 0.1) is 6.92 Å². The number of likely N-dealkylation sites (tertiary alicyclic amines) is 1. The maximum absolute atomic E-state index is 12.8. The molecule has 1 saturated heterocycles. The number of amides is 1. The number of aryl methyl sites for hydroxylation is 1. The second kappa shape index (κ2) is 5.57. The minimum Gasteiger partial charge on any atom is -0.451 e. The third kappa shape index (κ3) is 2.52. The van der Waals surface area contributed by atoms with Crippen molar-refractivity contribution in [3.05, 3.63) is 54.3 Å². The first-order chi connectivity index (χ1) is 11.2. The number of benzene rings is 1. The molecule has 3 heterocycles. The van der Waals surface area contributed by atoms with Crippen LogP contribution in [0.1, 0.15) is 35.0 Å². The minimum atomic E-state index is -0.0228. The Labute approximate surface area is 134 Å². The molecule has 1 aromatic carbocycles. The van der Waals surface area contributed by atoms with Gasteiger partial charge in [-0.25, -0.2) is 4.98 Å². The molecule has 0 unspecified atom stereocenters. The van der Waals surface area contributed by atoms with E-state index in [1.807, 2.05) is 48.6 Å². The number of piperidine rings is 1. The van der Waals surface area contributed by atoms with Crippen LogP contribution in [0.3, 0.4) is 0 Å². The number of fused-ring (bicyclic) bond motifs is 1. The van der Waals surface area contributed by atoms with Crippen LogP contribution in [0.2, 0.25) is 0 Å². The quantitative estimate of drug-likeness (QED) is 0.729. The molecule has 23 heavy (non-hydrogen) atoms. The average Bonchev–Trinajstić information content (AvgIpc) is 3.24. The molecule has 1 atom stereocenters. The Morgan fingerprint density at radius 1 is 1.39 bits per heavy atom. The summed E-state index contributed by atoms with van der Waals surface area (Å²) in [5.41, 5.74) is 1.86. The Kier molecular flexibility index (Phi) is 3.41. The van der Waals surface area contributed by atoms with Crippen LogP contribution in [0.15, 0.2) is 47.4 Å². The van der Waals surface area contributed by atoms with E-state index < -0.39 is 0 Å². The molecular weight excluding hydrogens is 290 g/mol. The Hall–Kier alpha value is -2.56. The number of carbonyl (C=O) groups excluding carboxylic acids is 1. The first-order valence-electron chi connectivity index (χ1n) is 7.98. The van der Waals surface area contributed by atoms with Gasteiger partial charge >= 0.3 is 0 Å². The number of hydrogen-bond acceptors (Lipinski definition) is 3. The zero-order valence-corrected chi connectivity index (χ0v) is 13.1. The molecule has 5 nitrogen and oxygen atoms in total. The summed E-state index contributed by atoms with van der Waals surface area (Å²) >= 11 is 0. The van der Waals surface area contributed by atoms with Gasteiger partial charge in [-0.15, -0.1) is 0 Å². The number of carbonyl (C=O) groups is 1. The van der Waals surface area contributed by atoms with E-state index in [4.69, 9.17) is 4.42 Å². The fourth-order valence-electron chi connectivity index (χ4n) is 3.34. The maximum Gasteiger partial charge on any atom is 0.289 e. The van der Waals surface area contributed by atoms with Crippen molar-refractivity contribution in [1.82, 2.24) is 14.5 Å². The number of aromatic nitrogens is 2. The van der Waals surface area contributed by atoms with E-state index >= 15 is 0 Å². The lowest BCUT2D eigenvalue weighted by Gasteiger charge is -2.32. The maximum atomic E-state index is 12.8. The SMILES string of the molecule is Cc1cccc2cc(C(=O)N3CCC[C@H](n4ccnc4)C3)oc12. The summed E-state index contributed by atoms with van der Waals surface area (Å²) in [5, 5.41) is 0.983. The molecule has 0 spiro atoms. The molecule has 2 aromatic heterocycles. The van der Waals surface area contributed by atoms with Crippen LogP contribution < -0.4 is 0 Å². The highest BCUT2D eigenvalue weighted by Gasteiger charge is 2.27. The average molecular weight is 309 g/mol. The van der Waals surface area contributed by atoms with Crippen molar-refractivity contribution in [2.24, 2.45) is 0 Å². The summed E-state index contributed by atoms with van der Waals surface area (Å²) in [5.74, 6) is 0.408. The molecule has 4 rings (SSSR count). The molecule has 1 fully saturated rings. The van der Waals surface area contributed by atoms with Gasteiger partial charge in [-0.1, -0.05) is 18.2 Å². The van der Waals surface area contributed by atoms with Gasteiger partial charge in [0.05, 0.1) is 12.4 Å². The summed E-state index contributed by atoms with van der Waals surface area (Å²) < 4.78 is 7.91. The van der Waals surface area contributed by atoms with E-state index in [9.17, 15) is 4.79 Å². The zero-order valence-electron chi connectivity index (χ0n) is 13.1. The van der Waals surface area contributed by atoms with E-state index in [2.05, 4.69) is 9.55 Å². The fraction of sp³-hybridized carbons (Fsp3) is 0.333. The van der Waals surface area contributed by atoms with Crippen molar-refractivity contribution >= 4 is 16.9 Å². The van der Waals surface area contributed by atoms with Crippen LogP contribution in [0.5, 0.6) is 0 Å². The molecule has 3 aromatic rings. The smallest absolute Gasteiger partial charge is 0.289 e. The van der Waals surface area contributed by atoms with E-state index in [-0.39, 0.29) is 5.91 Å². The monoisotopic (exact) mass is 309 g/mol. The molecule has 0 N–H and O–H groups in total. The summed E-state index contributed by atoms with van der Waals surface area (Å²) in [4.78, 5) is 18.8. The minimum absolute atomic E-state index is 0.0228. The van der Waals surface area contributed by atoms with Crippen LogP contribution in [0.4, 0.5) is 0 Å². The van der Waals surface area contributed by atoms with Gasteiger partial charge in [-0.2, -0.15) is 0 Å². The number of imidazole rings is 1. The normalized spacial score (nSPS) is 18.5. The molecule has 0 bridgehead atoms. The predicted molar refractivity (Wildman–Crippen MR) is 87.4 cm³/mol. The molecule has 0 saturated carbocycles. The topological polar surface area (TPSA) is 51.3 Å². The zero-order chi connectivity index (χ0) is 15.8. The molecule has 118 valence electrons. The van der Waals surface area contributed by atoms with E-state index in [1.165, 1.54) is 0 Å². The second-order valence-corrected chi connectivity index (χ2v) is 6.16. The molecule has 0 radical (unpaired) electrons. The molecule has 1 aliphatic heterocycles. The number of rotatable bonds is 2. The highest BCUT2D eigenvalue weighted by atomic mass is 16.3. The number of para-hydroxylation sites is 1. The lowest BCUT2D eigenvalue weighted by atomic mass is 10.1. The van der Waals surface area contributed by atoms with Crippen LogP contribution in [-0.4, -0.2) is 33.4 Å². The van der Waals surface area contributed by atoms with Crippen molar-refractivity contribution in [2.75, 3.05) is 13.1 Å². The Morgan fingerprint density at radius 2 is 2.30 bits per heavy atom. The Bertz CT molecular complexity index is 835. The molecule has 1 amide bonds. The van der Waals surface area contributed by atoms with Crippen molar-refractivity contribution in [1.29, 1.82) is 0 Å². The van der Waals surface area contributed by atoms with E-state index in [0.717, 1.165) is 35.9 Å². The van der Waals surface area contributed by atoms with Gasteiger partial charge in [-0.3, -0.25) is 4.79 Å². The highest BCUT2D eigenvalue weighted by Crippen LogP contribution is 2.26. The van der Waals surface area contributed by atoms with Gasteiger partial charge in [0.15, 0.2) is 5.76 Å². The second-order valence-electron chi connectivity index (χ2n) is 6.16. The standard InChI is InChI=1S/C18H19N3O2/c1-13-4-2-5-14-10-16(23-17(13)14)18(22)20-8-3-6-15(11-20)21-9-7-19-12-21/h2,4-5,7,9-10,12,15H,3,6,8,11H2,1H3/t15-/m0/s1. The van der Waals surface area contributed by atoms with Crippen molar-refractivity contribution in [3.63, 3.8) is 0 Å². The van der Waals surface area contributed by atoms with Gasteiger partial charge in [0.2, 0.25) is 0 Å². The third-order valence-corrected chi connectivity index (χ3v) is 4.58. The van der Waals surface area contributed by atoms with Gasteiger partial charge < -0.3 is 13.9 Å². The van der Waals surface area contributed by atoms with Crippen molar-refractivity contribution in [3.8, 4) is 0 Å². The lowest BCUT2D eigenvalue weighted by Crippen LogP contribution is -2.40. The van der Waals surface area contributed by atoms with Gasteiger partial charge in [-0.05, 0) is 31.4 Å². The molecule has 1 aliphatic rings.